The third kappa shape index (κ3) is 2.31. The maximum atomic E-state index is 5.72. The molecule has 5 nitrogen and oxygen atoms in total. The monoisotopic (exact) mass is 284 g/mol. The molecule has 98 valence electrons. The van der Waals surface area contributed by atoms with Crippen molar-refractivity contribution in [3.63, 3.8) is 0 Å². The lowest BCUT2D eigenvalue weighted by molar-refractivity contribution is 0.218. The zero-order valence-electron chi connectivity index (χ0n) is 10.2. The Labute approximate surface area is 116 Å². The molecule has 1 saturated carbocycles. The molecular weight excluding hydrogens is 268 g/mol. The minimum Gasteiger partial charge on any atom is -0.448 e. The molecule has 3 atom stereocenters. The summed E-state index contributed by atoms with van der Waals surface area (Å²) in [6, 6.07) is 0.374. The van der Waals surface area contributed by atoms with Crippen LogP contribution in [0.2, 0.25) is 0 Å². The minimum absolute atomic E-state index is 0.316. The predicted octanol–water partition coefficient (Wildman–Crippen LogP) is 1.82. The summed E-state index contributed by atoms with van der Waals surface area (Å²) in [4.78, 5) is 4.41. The van der Waals surface area contributed by atoms with Gasteiger partial charge in [-0.2, -0.15) is 4.98 Å². The van der Waals surface area contributed by atoms with E-state index in [9.17, 15) is 0 Å². The lowest BCUT2D eigenvalue weighted by atomic mass is 9.82. The average molecular weight is 284 g/mol. The third-order valence-corrected chi connectivity index (χ3v) is 4.33. The van der Waals surface area contributed by atoms with Gasteiger partial charge in [0.1, 0.15) is 5.69 Å². The molecule has 18 heavy (non-hydrogen) atoms. The molecule has 0 bridgehead atoms. The quantitative estimate of drug-likeness (QED) is 0.606. The number of rotatable bonds is 1. The molecular formula is C11H16N4OS2. The van der Waals surface area contributed by atoms with Crippen LogP contribution >= 0.6 is 24.4 Å². The fraction of sp³-hybridized carbons (Fsp3) is 0.727. The van der Waals surface area contributed by atoms with Crippen LogP contribution in [0.5, 0.6) is 5.88 Å². The van der Waals surface area contributed by atoms with Crippen LogP contribution < -0.4 is 10.1 Å². The number of aromatic nitrogens is 3. The molecule has 7 heteroatoms. The molecule has 2 unspecified atom stereocenters. The fourth-order valence-corrected chi connectivity index (χ4v) is 3.28. The van der Waals surface area contributed by atoms with Crippen LogP contribution in [0.25, 0.3) is 0 Å². The topological polar surface area (TPSA) is 59.9 Å². The number of thiol groups is 1. The first-order valence-electron chi connectivity index (χ1n) is 6.17. The van der Waals surface area contributed by atoms with E-state index in [0.717, 1.165) is 18.5 Å². The highest BCUT2D eigenvalue weighted by Crippen LogP contribution is 2.38. The Bertz CT molecular complexity index is 445. The molecule has 1 fully saturated rings. The summed E-state index contributed by atoms with van der Waals surface area (Å²) in [5.41, 5.74) is 0.574. The highest BCUT2D eigenvalue weighted by atomic mass is 32.2. The summed E-state index contributed by atoms with van der Waals surface area (Å²) in [7, 11) is 0. The lowest BCUT2D eigenvalue weighted by Gasteiger charge is -2.29. The Morgan fingerprint density at radius 3 is 3.00 bits per heavy atom. The number of ether oxygens (including phenoxy) is 1. The van der Waals surface area contributed by atoms with Gasteiger partial charge in [-0.15, -0.1) is 22.8 Å². The van der Waals surface area contributed by atoms with Crippen molar-refractivity contribution in [1.29, 1.82) is 0 Å². The Kier molecular flexibility index (Phi) is 3.63. The van der Waals surface area contributed by atoms with E-state index in [4.69, 9.17) is 4.74 Å². The molecule has 1 N–H and O–H groups in total. The van der Waals surface area contributed by atoms with Crippen LogP contribution in [0.15, 0.2) is 5.16 Å². The summed E-state index contributed by atoms with van der Waals surface area (Å²) in [6.45, 7) is 0. The molecule has 0 aromatic carbocycles. The number of hydrogen-bond acceptors (Lipinski definition) is 7. The Morgan fingerprint density at radius 2 is 2.17 bits per heavy atom. The number of nitrogens with one attached hydrogen (secondary N) is 1. The van der Waals surface area contributed by atoms with Crippen molar-refractivity contribution in [3.8, 4) is 5.88 Å². The Morgan fingerprint density at radius 1 is 1.33 bits per heavy atom. The van der Waals surface area contributed by atoms with E-state index in [1.165, 1.54) is 24.6 Å². The van der Waals surface area contributed by atoms with E-state index in [0.29, 0.717) is 23.0 Å². The van der Waals surface area contributed by atoms with Crippen LogP contribution in [0, 0.1) is 0 Å². The van der Waals surface area contributed by atoms with Gasteiger partial charge in [-0.1, -0.05) is 24.6 Å². The van der Waals surface area contributed by atoms with Crippen molar-refractivity contribution >= 4 is 24.4 Å². The van der Waals surface area contributed by atoms with Crippen LogP contribution in [0.1, 0.15) is 37.3 Å². The highest BCUT2D eigenvalue weighted by molar-refractivity contribution is 7.98. The Balaban J connectivity index is 2.00. The second-order valence-electron chi connectivity index (χ2n) is 4.62. The molecule has 1 aromatic rings. The van der Waals surface area contributed by atoms with Gasteiger partial charge in [-0.3, -0.25) is 5.32 Å². The van der Waals surface area contributed by atoms with Gasteiger partial charge < -0.3 is 4.74 Å². The van der Waals surface area contributed by atoms with Crippen molar-refractivity contribution in [3.05, 3.63) is 5.69 Å². The largest absolute Gasteiger partial charge is 0.448 e. The van der Waals surface area contributed by atoms with Crippen molar-refractivity contribution in [1.82, 2.24) is 20.5 Å². The van der Waals surface area contributed by atoms with E-state index in [1.54, 1.807) is 0 Å². The first-order chi connectivity index (χ1) is 8.78. The van der Waals surface area contributed by atoms with Crippen molar-refractivity contribution in [2.75, 3.05) is 6.26 Å². The maximum absolute atomic E-state index is 5.72. The number of hydrogen-bond donors (Lipinski definition) is 2. The Hall–Kier alpha value is -0.530. The first-order valence-corrected chi connectivity index (χ1v) is 7.91. The standard InChI is InChI=1S/C11H16N4OS2/c1-18-10-13-9-8(14-15-10)6-4-2-3-5-7(6)12-11(17)16-9/h6-7,11-12,17H,2-5H2,1H3/t6?,7-,11?/m1/s1. The molecule has 0 amide bonds. The van der Waals surface area contributed by atoms with Crippen molar-refractivity contribution < 1.29 is 4.74 Å². The van der Waals surface area contributed by atoms with E-state index >= 15 is 0 Å². The molecule has 3 rings (SSSR count). The zero-order chi connectivity index (χ0) is 12.5. The van der Waals surface area contributed by atoms with E-state index < -0.39 is 0 Å². The highest BCUT2D eigenvalue weighted by Gasteiger charge is 2.35. The molecule has 0 saturated heterocycles. The van der Waals surface area contributed by atoms with E-state index in [1.807, 2.05) is 6.26 Å². The van der Waals surface area contributed by atoms with E-state index in [-0.39, 0.29) is 5.56 Å². The second kappa shape index (κ2) is 5.22. The van der Waals surface area contributed by atoms with Crippen LogP contribution in [0.4, 0.5) is 0 Å². The number of nitrogens with zero attached hydrogens (tertiary/aromatic N) is 3. The van der Waals surface area contributed by atoms with Gasteiger partial charge in [0, 0.05) is 12.0 Å². The average Bonchev–Trinajstić information content (AvgIpc) is 2.53. The van der Waals surface area contributed by atoms with E-state index in [2.05, 4.69) is 33.1 Å². The summed E-state index contributed by atoms with van der Waals surface area (Å²) in [5, 5.41) is 12.5. The van der Waals surface area contributed by atoms with Crippen molar-refractivity contribution in [2.45, 2.75) is 48.4 Å². The van der Waals surface area contributed by atoms with Gasteiger partial charge in [-0.25, -0.2) is 0 Å². The summed E-state index contributed by atoms with van der Waals surface area (Å²) >= 11 is 5.88. The molecule has 0 radical (unpaired) electrons. The lowest BCUT2D eigenvalue weighted by Crippen LogP contribution is -2.41. The van der Waals surface area contributed by atoms with Crippen LogP contribution in [0.3, 0.4) is 0 Å². The normalized spacial score (nSPS) is 30.9. The first kappa shape index (κ1) is 12.5. The molecule has 2 heterocycles. The summed E-state index contributed by atoms with van der Waals surface area (Å²) < 4.78 is 5.72. The molecule has 1 aliphatic heterocycles. The summed E-state index contributed by atoms with van der Waals surface area (Å²) in [5.74, 6) is 0.943. The predicted molar refractivity (Wildman–Crippen MR) is 73.1 cm³/mol. The molecule has 0 spiro atoms. The van der Waals surface area contributed by atoms with Crippen LogP contribution in [-0.2, 0) is 0 Å². The summed E-state index contributed by atoms with van der Waals surface area (Å²) in [6.07, 6.45) is 6.65. The number of thioether (sulfide) groups is 1. The van der Waals surface area contributed by atoms with Crippen LogP contribution in [-0.4, -0.2) is 33.0 Å². The molecule has 1 aromatic heterocycles. The van der Waals surface area contributed by atoms with Gasteiger partial charge in [0.2, 0.25) is 11.0 Å². The zero-order valence-corrected chi connectivity index (χ0v) is 11.9. The number of fused-ring (bicyclic) bond motifs is 3. The smallest absolute Gasteiger partial charge is 0.242 e. The molecule has 1 aliphatic carbocycles. The van der Waals surface area contributed by atoms with Crippen molar-refractivity contribution in [2.24, 2.45) is 0 Å². The SMILES string of the molecule is CSc1nnc2c(n1)OC(S)N[C@@H]1CCCCC21. The minimum atomic E-state index is -0.316. The third-order valence-electron chi connectivity index (χ3n) is 3.54. The molecule has 2 aliphatic rings. The maximum Gasteiger partial charge on any atom is 0.242 e. The second-order valence-corrected chi connectivity index (χ2v) is 5.87. The van der Waals surface area contributed by atoms with Gasteiger partial charge in [0.15, 0.2) is 5.56 Å². The van der Waals surface area contributed by atoms with Gasteiger partial charge in [0.25, 0.3) is 0 Å². The fourth-order valence-electron chi connectivity index (χ4n) is 2.69. The van der Waals surface area contributed by atoms with Gasteiger partial charge in [-0.05, 0) is 19.1 Å². The van der Waals surface area contributed by atoms with Gasteiger partial charge >= 0.3 is 0 Å². The van der Waals surface area contributed by atoms with Gasteiger partial charge in [0.05, 0.1) is 0 Å².